The van der Waals surface area contributed by atoms with Crippen LogP contribution in [0.25, 0.3) is 143 Å². The first-order valence-corrected chi connectivity index (χ1v) is 36.0. The molecule has 0 aliphatic carbocycles. The molecule has 17 aromatic carbocycles. The molecule has 2 aromatic heterocycles. The summed E-state index contributed by atoms with van der Waals surface area (Å²) in [6, 6.07) is 133. The molecule has 0 unspecified atom stereocenters. The predicted molar refractivity (Wildman–Crippen MR) is 440 cm³/mol. The van der Waals surface area contributed by atoms with E-state index in [1.54, 1.807) is 0 Å². The number of hydrogen-bond acceptors (Lipinski definition) is 2. The first-order chi connectivity index (χ1) is 50.8. The van der Waals surface area contributed by atoms with Crippen molar-refractivity contribution < 1.29 is 0 Å². The standard InChI is InChI=1S/C98H67BN4/c1-98(2,3)70-58-89-91-90(59-70)103(93-79(64-30-12-6-13-31-64)44-25-45-80(93)65-32-14-7-15-33-65)88-61-72(101-96-75-40-22-18-36-68(75)48-54-83(96)84-55-49-69-37-19-23-41-76(69)97(84)101)51-57-86(88)99(91)85-56-50-71(60-87(85)102(89)92-77(62-26-8-4-9-27-62)42-24-43-78(92)63-28-10-5-11-29-63)100-94-73-38-20-16-34-66(73)46-52-81(94)82-53-47-67-35-17-21-39-74(67)95(82)100/h4-61H,1-3H3. The van der Waals surface area contributed by atoms with Crippen LogP contribution in [0.15, 0.2) is 352 Å². The topological polar surface area (TPSA) is 16.3 Å². The van der Waals surface area contributed by atoms with Gasteiger partial charge in [0.25, 0.3) is 6.71 Å². The van der Waals surface area contributed by atoms with Gasteiger partial charge >= 0.3 is 0 Å². The lowest BCUT2D eigenvalue weighted by molar-refractivity contribution is 0.590. The van der Waals surface area contributed by atoms with Crippen LogP contribution < -0.4 is 26.2 Å². The van der Waals surface area contributed by atoms with E-state index in [-0.39, 0.29) is 12.1 Å². The average Bonchev–Trinajstić information content (AvgIpc) is 0.746. The number of fused-ring (bicyclic) bond motifs is 18. The van der Waals surface area contributed by atoms with Gasteiger partial charge in [-0.25, -0.2) is 0 Å². The third kappa shape index (κ3) is 8.92. The van der Waals surface area contributed by atoms with Crippen molar-refractivity contribution in [2.24, 2.45) is 0 Å². The molecule has 0 radical (unpaired) electrons. The maximum absolute atomic E-state index is 2.71. The summed E-state index contributed by atoms with van der Waals surface area (Å²) in [6.45, 7) is 6.93. The van der Waals surface area contributed by atoms with Crippen LogP contribution in [0.1, 0.15) is 26.3 Å². The number of rotatable bonds is 8. The lowest BCUT2D eigenvalue weighted by Crippen LogP contribution is -2.61. The summed E-state index contributed by atoms with van der Waals surface area (Å²) in [4.78, 5) is 5.43. The minimum Gasteiger partial charge on any atom is -0.310 e. The Morgan fingerprint density at radius 1 is 0.243 bits per heavy atom. The Kier molecular flexibility index (Phi) is 13.0. The quantitative estimate of drug-likeness (QED) is 0.141. The summed E-state index contributed by atoms with van der Waals surface area (Å²) in [5.74, 6) is 0. The van der Waals surface area contributed by atoms with Gasteiger partial charge in [-0.3, -0.25) is 0 Å². The Bertz CT molecular complexity index is 6020. The highest BCUT2D eigenvalue weighted by Crippen LogP contribution is 2.55. The zero-order valence-corrected chi connectivity index (χ0v) is 57.4. The van der Waals surface area contributed by atoms with Gasteiger partial charge in [0.1, 0.15) is 0 Å². The van der Waals surface area contributed by atoms with Gasteiger partial charge in [-0.05, 0) is 108 Å². The maximum atomic E-state index is 2.71. The van der Waals surface area contributed by atoms with E-state index in [9.17, 15) is 0 Å². The van der Waals surface area contributed by atoms with Crippen LogP contribution in [-0.2, 0) is 5.41 Å². The van der Waals surface area contributed by atoms with Crippen LogP contribution in [0, 0.1) is 0 Å². The van der Waals surface area contributed by atoms with Crippen molar-refractivity contribution in [2.45, 2.75) is 26.2 Å². The zero-order chi connectivity index (χ0) is 68.2. The minimum atomic E-state index is -0.332. The molecule has 0 amide bonds. The van der Waals surface area contributed by atoms with Gasteiger partial charge in [0.2, 0.25) is 0 Å². The molecule has 0 bridgehead atoms. The predicted octanol–water partition coefficient (Wildman–Crippen LogP) is 24.5. The van der Waals surface area contributed by atoms with E-state index in [1.165, 1.54) is 109 Å². The lowest BCUT2D eigenvalue weighted by Gasteiger charge is -2.46. The van der Waals surface area contributed by atoms with Gasteiger partial charge in [0, 0.05) is 99.5 Å². The van der Waals surface area contributed by atoms with E-state index in [2.05, 4.69) is 392 Å². The van der Waals surface area contributed by atoms with Crippen molar-refractivity contribution in [1.29, 1.82) is 0 Å². The molecule has 103 heavy (non-hydrogen) atoms. The molecule has 4 heterocycles. The molecule has 2 aliphatic heterocycles. The average molecular weight is 1310 g/mol. The van der Waals surface area contributed by atoms with Gasteiger partial charge in [-0.1, -0.05) is 336 Å². The summed E-state index contributed by atoms with van der Waals surface area (Å²) in [7, 11) is 0. The van der Waals surface area contributed by atoms with E-state index in [0.717, 1.165) is 90.0 Å². The molecule has 0 spiro atoms. The summed E-state index contributed by atoms with van der Waals surface area (Å²) in [5.41, 5.74) is 27.5. The number of aromatic nitrogens is 2. The molecule has 0 N–H and O–H groups in total. The summed E-state index contributed by atoms with van der Waals surface area (Å²) in [6.07, 6.45) is 0. The number of para-hydroxylation sites is 2. The monoisotopic (exact) mass is 1310 g/mol. The van der Waals surface area contributed by atoms with Gasteiger partial charge in [0.15, 0.2) is 0 Å². The molecule has 0 atom stereocenters. The Morgan fingerprint density at radius 3 is 0.835 bits per heavy atom. The largest absolute Gasteiger partial charge is 0.310 e. The summed E-state index contributed by atoms with van der Waals surface area (Å²) >= 11 is 0. The van der Waals surface area contributed by atoms with E-state index in [4.69, 9.17) is 0 Å². The minimum absolute atomic E-state index is 0.257. The molecule has 4 nitrogen and oxygen atoms in total. The SMILES string of the molecule is CC(C)(C)c1cc2c3c(c1)N(c1c(-c4ccccc4)cccc1-c1ccccc1)c1cc(-n4c5c6ccccc6ccc5c5ccc6ccccc6c54)ccc1B3c1ccc(-n3c4c5ccccc5ccc4c4ccc5ccccc5c43)cc1N2c1c(-c2ccccc2)cccc1-c1ccccc1. The number of hydrogen-bond donors (Lipinski definition) is 0. The number of anilines is 6. The molecular weight excluding hydrogens is 1240 g/mol. The fourth-order valence-corrected chi connectivity index (χ4v) is 17.7. The first-order valence-electron chi connectivity index (χ1n) is 36.0. The van der Waals surface area contributed by atoms with E-state index < -0.39 is 0 Å². The highest BCUT2D eigenvalue weighted by molar-refractivity contribution is 7.00. The molecule has 0 fully saturated rings. The van der Waals surface area contributed by atoms with Crippen molar-refractivity contribution >= 4 is 144 Å². The normalized spacial score (nSPS) is 12.7. The van der Waals surface area contributed by atoms with E-state index in [1.807, 2.05) is 0 Å². The maximum Gasteiger partial charge on any atom is 0.252 e. The highest BCUT2D eigenvalue weighted by Gasteiger charge is 2.46. The van der Waals surface area contributed by atoms with Crippen LogP contribution in [0.2, 0.25) is 0 Å². The Labute approximate surface area is 598 Å². The third-order valence-electron chi connectivity index (χ3n) is 22.4. The van der Waals surface area contributed by atoms with Crippen molar-refractivity contribution in [3.05, 3.63) is 357 Å². The van der Waals surface area contributed by atoms with Crippen LogP contribution >= 0.6 is 0 Å². The third-order valence-corrected chi connectivity index (χ3v) is 22.4. The molecule has 482 valence electrons. The fourth-order valence-electron chi connectivity index (χ4n) is 17.7. The molecule has 2 aliphatic rings. The number of benzene rings is 17. The second-order valence-corrected chi connectivity index (χ2v) is 29.0. The van der Waals surface area contributed by atoms with Gasteiger partial charge < -0.3 is 18.9 Å². The first kappa shape index (κ1) is 59.0. The van der Waals surface area contributed by atoms with Crippen LogP contribution in [-0.4, -0.2) is 15.8 Å². The molecular formula is C98H67BN4. The van der Waals surface area contributed by atoms with Gasteiger partial charge in [-0.2, -0.15) is 0 Å². The van der Waals surface area contributed by atoms with Crippen LogP contribution in [0.5, 0.6) is 0 Å². The van der Waals surface area contributed by atoms with Crippen molar-refractivity contribution in [3.63, 3.8) is 0 Å². The Balaban J connectivity index is 0.949. The van der Waals surface area contributed by atoms with Crippen molar-refractivity contribution in [1.82, 2.24) is 9.13 Å². The second kappa shape index (κ2) is 22.8. The fraction of sp³-hybridized carbons (Fsp3) is 0.0408. The van der Waals surface area contributed by atoms with Gasteiger partial charge in [-0.15, -0.1) is 0 Å². The van der Waals surface area contributed by atoms with Crippen molar-refractivity contribution in [2.75, 3.05) is 9.80 Å². The van der Waals surface area contributed by atoms with Gasteiger partial charge in [0.05, 0.1) is 33.4 Å². The lowest BCUT2D eigenvalue weighted by atomic mass is 9.33. The molecule has 19 aromatic rings. The zero-order valence-electron chi connectivity index (χ0n) is 57.4. The smallest absolute Gasteiger partial charge is 0.252 e. The van der Waals surface area contributed by atoms with E-state index in [0.29, 0.717) is 0 Å². The highest BCUT2D eigenvalue weighted by atomic mass is 15.2. The number of nitrogens with zero attached hydrogens (tertiary/aromatic N) is 4. The molecule has 21 rings (SSSR count). The summed E-state index contributed by atoms with van der Waals surface area (Å²) < 4.78 is 5.21. The van der Waals surface area contributed by atoms with E-state index >= 15 is 0 Å². The Morgan fingerprint density at radius 2 is 0.534 bits per heavy atom. The van der Waals surface area contributed by atoms with Crippen molar-refractivity contribution in [3.8, 4) is 55.9 Å². The summed E-state index contributed by atoms with van der Waals surface area (Å²) in [5, 5.41) is 14.6. The molecule has 0 saturated carbocycles. The molecule has 5 heteroatoms. The van der Waals surface area contributed by atoms with Crippen LogP contribution in [0.3, 0.4) is 0 Å². The Hall–Kier alpha value is -13.0. The molecule has 0 saturated heterocycles. The van der Waals surface area contributed by atoms with Crippen LogP contribution in [0.4, 0.5) is 34.1 Å². The second-order valence-electron chi connectivity index (χ2n) is 29.0.